The Morgan fingerprint density at radius 2 is 1.09 bits per heavy atom. The smallest absolute Gasteiger partial charge is 0.322 e. The number of alkyl halides is 2. The highest BCUT2D eigenvalue weighted by molar-refractivity contribution is 5.71. The van der Waals surface area contributed by atoms with Gasteiger partial charge in [-0.25, -0.2) is 34.9 Å². The zero-order valence-corrected chi connectivity index (χ0v) is 38.0. The second-order valence-corrected chi connectivity index (χ2v) is 16.6. The Kier molecular flexibility index (Phi) is 13.8. The van der Waals surface area contributed by atoms with Gasteiger partial charge in [0, 0.05) is 86.1 Å². The molecule has 0 atom stereocenters. The number of nitrogens with zero attached hydrogens (tertiary/aromatic N) is 9. The van der Waals surface area contributed by atoms with Gasteiger partial charge in [0.25, 0.3) is 5.92 Å². The molecular formula is C54H48F2N10O3. The number of fused-ring (bicyclic) bond motifs is 2. The largest absolute Gasteiger partial charge is 0.424 e. The fraction of sp³-hybridized carbons (Fsp3) is 0.167. The van der Waals surface area contributed by atoms with E-state index in [4.69, 9.17) is 14.2 Å². The van der Waals surface area contributed by atoms with E-state index in [-0.39, 0.29) is 11.7 Å². The van der Waals surface area contributed by atoms with Gasteiger partial charge in [-0.3, -0.25) is 0 Å². The van der Waals surface area contributed by atoms with Crippen LogP contribution in [0, 0.1) is 5.92 Å². The van der Waals surface area contributed by atoms with Crippen molar-refractivity contribution >= 4 is 17.0 Å². The summed E-state index contributed by atoms with van der Waals surface area (Å²) in [5, 5.41) is 3.27. The molecule has 0 spiro atoms. The minimum absolute atomic E-state index is 0.231. The first-order valence-corrected chi connectivity index (χ1v) is 22.4. The van der Waals surface area contributed by atoms with Crippen LogP contribution in [0.3, 0.4) is 0 Å². The molecule has 0 radical (unpaired) electrons. The lowest BCUT2D eigenvalue weighted by Crippen LogP contribution is -2.32. The number of hydrogen-bond donors (Lipinski definition) is 1. The van der Waals surface area contributed by atoms with Gasteiger partial charge in [0.05, 0.1) is 18.1 Å². The van der Waals surface area contributed by atoms with Gasteiger partial charge in [-0.15, -0.1) is 0 Å². The van der Waals surface area contributed by atoms with Crippen molar-refractivity contribution in [2.75, 3.05) is 23.3 Å². The van der Waals surface area contributed by atoms with Crippen molar-refractivity contribution < 1.29 is 23.0 Å². The van der Waals surface area contributed by atoms with Gasteiger partial charge >= 0.3 is 18.0 Å². The van der Waals surface area contributed by atoms with Gasteiger partial charge in [0.15, 0.2) is 0 Å². The quantitative estimate of drug-likeness (QED) is 0.140. The number of piperidine rings is 1. The third-order valence-corrected chi connectivity index (χ3v) is 11.3. The van der Waals surface area contributed by atoms with Crippen molar-refractivity contribution in [3.8, 4) is 57.5 Å². The second-order valence-electron chi connectivity index (χ2n) is 16.6. The van der Waals surface area contributed by atoms with Gasteiger partial charge in [-0.2, -0.15) is 8.78 Å². The maximum Gasteiger partial charge on any atom is 0.322 e. The highest BCUT2D eigenvalue weighted by Crippen LogP contribution is 2.32. The lowest BCUT2D eigenvalue weighted by molar-refractivity contribution is 0.0133. The van der Waals surface area contributed by atoms with E-state index < -0.39 is 5.92 Å². The Bertz CT molecular complexity index is 3090. The number of benzene rings is 4. The minimum atomic E-state index is -2.98. The maximum atomic E-state index is 13.4. The fourth-order valence-electron chi connectivity index (χ4n) is 7.49. The van der Waals surface area contributed by atoms with Crippen LogP contribution in [0.15, 0.2) is 183 Å². The molecule has 0 unspecified atom stereocenters. The summed E-state index contributed by atoms with van der Waals surface area (Å²) in [4.78, 5) is 31.9. The average molecular weight is 923 g/mol. The molecule has 0 aliphatic carbocycles. The molecule has 2 aliphatic heterocycles. The van der Waals surface area contributed by atoms with E-state index in [0.717, 1.165) is 83.2 Å². The van der Waals surface area contributed by atoms with Crippen molar-refractivity contribution in [2.45, 2.75) is 39.0 Å². The van der Waals surface area contributed by atoms with E-state index in [2.05, 4.69) is 76.8 Å². The summed E-state index contributed by atoms with van der Waals surface area (Å²) < 4.78 is 45.2. The highest BCUT2D eigenvalue weighted by Gasteiger charge is 2.28. The lowest BCUT2D eigenvalue weighted by Gasteiger charge is -2.31. The number of imidazole rings is 1. The third kappa shape index (κ3) is 12.1. The number of para-hydroxylation sites is 3. The number of nitrogens with one attached hydrogen (secondary N) is 1. The molecular weight excluding hydrogens is 875 g/mol. The Morgan fingerprint density at radius 3 is 1.58 bits per heavy atom. The van der Waals surface area contributed by atoms with Crippen molar-refractivity contribution in [1.29, 1.82) is 0 Å². The van der Waals surface area contributed by atoms with Crippen LogP contribution in [-0.4, -0.2) is 52.4 Å². The summed E-state index contributed by atoms with van der Waals surface area (Å²) >= 11 is 0. The number of allylic oxidation sites excluding steroid dienone is 1. The summed E-state index contributed by atoms with van der Waals surface area (Å²) in [7, 11) is 0. The van der Waals surface area contributed by atoms with E-state index >= 15 is 0 Å². The maximum absolute atomic E-state index is 13.4. The van der Waals surface area contributed by atoms with Crippen LogP contribution < -0.4 is 24.4 Å². The minimum Gasteiger partial charge on any atom is -0.424 e. The zero-order chi connectivity index (χ0) is 47.6. The first-order chi connectivity index (χ1) is 33.6. The van der Waals surface area contributed by atoms with E-state index in [9.17, 15) is 8.78 Å². The highest BCUT2D eigenvalue weighted by atomic mass is 19.3. The molecule has 2 aliphatic rings. The van der Waals surface area contributed by atoms with Crippen LogP contribution >= 0.6 is 0 Å². The fourth-order valence-corrected chi connectivity index (χ4v) is 7.49. The first kappa shape index (κ1) is 45.6. The standard InChI is InChI=1S/C19H14F2N4O.C19H15N3O.C16H19N3O/c1-19(20,21)16-12-25-8-7-13(9-17(25)24-16)14-10-22-18(23-11-14)26-15-5-3-2-4-6-15;1-13-9-15-10-14(7-8-18(15)22-13)16-11-20-19(21-12-16)23-17-5-3-2-4-6-17;1-13-7-9-19(10-8-13)14-11-17-16(18-12-14)20-15-5-3-2-4-6-15/h2-12H,1H3;2-8,10-12,22H,1,9H2;2-6,11-13H,7-10H2,1H3. The van der Waals surface area contributed by atoms with Gasteiger partial charge in [0.1, 0.15) is 28.6 Å². The van der Waals surface area contributed by atoms with Crippen molar-refractivity contribution in [3.63, 3.8) is 0 Å². The van der Waals surface area contributed by atoms with Crippen LogP contribution in [0.4, 0.5) is 20.2 Å². The average Bonchev–Trinajstić information content (AvgIpc) is 3.99. The predicted octanol–water partition coefficient (Wildman–Crippen LogP) is 12.6. The SMILES string of the molecule is C=C1Cc2cc(-c3cnc(Oc4ccccc4)nc3)ccc2N1.CC(F)(F)c1cn2ccc(-c3cnc(Oc4ccccc4)nc3)cc2n1.CC1CCN(c2cnc(Oc3ccccc3)nc2)CC1. The van der Waals surface area contributed by atoms with Crippen LogP contribution in [0.5, 0.6) is 35.3 Å². The van der Waals surface area contributed by atoms with E-state index in [1.165, 1.54) is 24.6 Å². The second kappa shape index (κ2) is 20.9. The molecule has 69 heavy (non-hydrogen) atoms. The number of halogens is 2. The first-order valence-electron chi connectivity index (χ1n) is 22.4. The van der Waals surface area contributed by atoms with Crippen LogP contribution in [0.25, 0.3) is 27.9 Å². The molecule has 1 fully saturated rings. The van der Waals surface area contributed by atoms with E-state index in [1.54, 1.807) is 47.5 Å². The monoisotopic (exact) mass is 922 g/mol. The van der Waals surface area contributed by atoms with Crippen LogP contribution in [0.1, 0.15) is 37.9 Å². The van der Waals surface area contributed by atoms with Gasteiger partial charge in [0.2, 0.25) is 0 Å². The van der Waals surface area contributed by atoms with Gasteiger partial charge < -0.3 is 28.8 Å². The molecule has 346 valence electrons. The zero-order valence-electron chi connectivity index (χ0n) is 38.0. The number of anilines is 2. The molecule has 0 amide bonds. The Hall–Kier alpha value is -8.59. The summed E-state index contributed by atoms with van der Waals surface area (Å²) in [5.74, 6) is -0.0273. The molecule has 5 aromatic heterocycles. The van der Waals surface area contributed by atoms with Gasteiger partial charge in [-0.1, -0.05) is 74.2 Å². The molecule has 1 N–H and O–H groups in total. The Labute approximate surface area is 398 Å². The van der Waals surface area contributed by atoms with Crippen molar-refractivity contribution in [2.24, 2.45) is 5.92 Å². The Morgan fingerprint density at radius 1 is 0.609 bits per heavy atom. The molecule has 4 aromatic carbocycles. The number of rotatable bonds is 10. The molecule has 1 saturated heterocycles. The van der Waals surface area contributed by atoms with Crippen molar-refractivity contribution in [3.05, 3.63) is 194 Å². The summed E-state index contributed by atoms with van der Waals surface area (Å²) in [6.45, 7) is 9.28. The Balaban J connectivity index is 0.000000130. The lowest BCUT2D eigenvalue weighted by atomic mass is 9.99. The summed E-state index contributed by atoms with van der Waals surface area (Å²) in [6.07, 6.45) is 16.8. The number of pyridine rings is 1. The molecule has 0 bridgehead atoms. The van der Waals surface area contributed by atoms with E-state index in [0.29, 0.717) is 23.4 Å². The molecule has 7 heterocycles. The molecule has 11 rings (SSSR count). The van der Waals surface area contributed by atoms with Crippen LogP contribution in [0.2, 0.25) is 0 Å². The summed E-state index contributed by atoms with van der Waals surface area (Å²) in [6, 6.07) is 39.1. The molecule has 9 aromatic rings. The summed E-state index contributed by atoms with van der Waals surface area (Å²) in [5.41, 5.74) is 8.22. The molecule has 13 nitrogen and oxygen atoms in total. The topological polar surface area (TPSA) is 138 Å². The van der Waals surface area contributed by atoms with E-state index in [1.807, 2.05) is 103 Å². The van der Waals surface area contributed by atoms with Gasteiger partial charge in [-0.05, 0) is 96.1 Å². The molecule has 0 saturated carbocycles. The number of ether oxygens (including phenoxy) is 3. The predicted molar refractivity (Wildman–Crippen MR) is 262 cm³/mol. The van der Waals surface area contributed by atoms with Crippen molar-refractivity contribution in [1.82, 2.24) is 39.3 Å². The molecule has 15 heteroatoms. The number of hydrogen-bond acceptors (Lipinski definition) is 12. The third-order valence-electron chi connectivity index (χ3n) is 11.3. The normalized spacial score (nSPS) is 13.3. The number of aromatic nitrogens is 8. The van der Waals surface area contributed by atoms with Crippen LogP contribution in [-0.2, 0) is 12.3 Å².